The fraction of sp³-hybridized carbons (Fsp3) is 0. The number of nitrogens with zero attached hydrogens (tertiary/aromatic N) is 2. The summed E-state index contributed by atoms with van der Waals surface area (Å²) in [6, 6.07) is 12.1. The number of nitrogens with one attached hydrogen (secondary N) is 2. The van der Waals surface area contributed by atoms with Gasteiger partial charge in [-0.05, 0) is 30.3 Å². The van der Waals surface area contributed by atoms with Crippen LogP contribution in [0.25, 0.3) is 11.3 Å². The van der Waals surface area contributed by atoms with E-state index in [0.29, 0.717) is 28.0 Å². The molecular formula is C19H11ClF2N4O. The fourth-order valence-electron chi connectivity index (χ4n) is 2.39. The number of aromatic nitrogens is 1. The molecule has 134 valence electrons. The molecule has 0 saturated carbocycles. The molecule has 2 N–H and O–H groups in total. The third-order valence-corrected chi connectivity index (χ3v) is 3.86. The number of carbonyl (C=O) groups excluding carboxylic acids is 1. The average Bonchev–Trinajstić information content (AvgIpc) is 2.61. The molecule has 1 aromatic heterocycles. The molecule has 1 heterocycles. The number of benzene rings is 2. The van der Waals surface area contributed by atoms with E-state index in [1.165, 1.54) is 12.3 Å². The molecule has 0 atom stereocenters. The zero-order chi connectivity index (χ0) is 19.4. The van der Waals surface area contributed by atoms with Gasteiger partial charge >= 0.3 is 6.03 Å². The molecule has 0 radical (unpaired) electrons. The number of anilines is 2. The van der Waals surface area contributed by atoms with Crippen molar-refractivity contribution in [2.24, 2.45) is 0 Å². The molecule has 5 nitrogen and oxygen atoms in total. The van der Waals surface area contributed by atoms with Crippen molar-refractivity contribution in [3.8, 4) is 17.3 Å². The summed E-state index contributed by atoms with van der Waals surface area (Å²) in [4.78, 5) is 16.1. The molecule has 0 bridgehead atoms. The molecule has 0 aliphatic heterocycles. The molecule has 0 unspecified atom stereocenters. The highest BCUT2D eigenvalue weighted by molar-refractivity contribution is 6.32. The van der Waals surface area contributed by atoms with Crippen LogP contribution in [0.1, 0.15) is 5.56 Å². The second-order valence-electron chi connectivity index (χ2n) is 5.44. The number of halogens is 3. The Labute approximate surface area is 158 Å². The van der Waals surface area contributed by atoms with Crippen molar-refractivity contribution in [2.45, 2.75) is 0 Å². The maximum atomic E-state index is 13.2. The maximum Gasteiger partial charge on any atom is 0.323 e. The number of carbonyl (C=O) groups is 1. The summed E-state index contributed by atoms with van der Waals surface area (Å²) in [6.07, 6.45) is 1.50. The van der Waals surface area contributed by atoms with Gasteiger partial charge in [0.15, 0.2) is 0 Å². The highest BCUT2D eigenvalue weighted by Crippen LogP contribution is 2.27. The predicted octanol–water partition coefficient (Wildman–Crippen LogP) is 5.20. The van der Waals surface area contributed by atoms with Crippen molar-refractivity contribution in [2.75, 3.05) is 10.6 Å². The molecule has 0 fully saturated rings. The first-order valence-corrected chi connectivity index (χ1v) is 8.03. The van der Waals surface area contributed by atoms with Gasteiger partial charge in [0.05, 0.1) is 16.3 Å². The van der Waals surface area contributed by atoms with Gasteiger partial charge in [-0.25, -0.2) is 13.6 Å². The number of pyridine rings is 1. The van der Waals surface area contributed by atoms with Crippen LogP contribution in [0.3, 0.4) is 0 Å². The zero-order valence-electron chi connectivity index (χ0n) is 13.6. The second-order valence-corrected chi connectivity index (χ2v) is 5.85. The number of amides is 2. The lowest BCUT2D eigenvalue weighted by Crippen LogP contribution is -2.19. The Balaban J connectivity index is 1.74. The minimum absolute atomic E-state index is 0.0107. The van der Waals surface area contributed by atoms with Crippen molar-refractivity contribution in [1.29, 1.82) is 5.26 Å². The van der Waals surface area contributed by atoms with Crippen LogP contribution in [0.4, 0.5) is 25.0 Å². The first-order valence-electron chi connectivity index (χ1n) is 7.65. The van der Waals surface area contributed by atoms with E-state index < -0.39 is 17.7 Å². The van der Waals surface area contributed by atoms with Crippen LogP contribution in [0.15, 0.2) is 54.7 Å². The molecule has 0 spiro atoms. The van der Waals surface area contributed by atoms with Gasteiger partial charge < -0.3 is 10.6 Å². The highest BCUT2D eigenvalue weighted by Gasteiger charge is 2.11. The van der Waals surface area contributed by atoms with E-state index in [4.69, 9.17) is 11.6 Å². The summed E-state index contributed by atoms with van der Waals surface area (Å²) < 4.78 is 26.3. The van der Waals surface area contributed by atoms with Gasteiger partial charge in [-0.15, -0.1) is 0 Å². The molecule has 3 aromatic rings. The lowest BCUT2D eigenvalue weighted by Gasteiger charge is -2.09. The van der Waals surface area contributed by atoms with E-state index in [-0.39, 0.29) is 11.3 Å². The van der Waals surface area contributed by atoms with Gasteiger partial charge in [0.1, 0.15) is 17.7 Å². The lowest BCUT2D eigenvalue weighted by molar-refractivity contribution is 0.262. The van der Waals surface area contributed by atoms with Crippen LogP contribution in [0.5, 0.6) is 0 Å². The minimum atomic E-state index is -0.794. The molecule has 3 rings (SSSR count). The van der Waals surface area contributed by atoms with E-state index in [2.05, 4.69) is 15.6 Å². The normalized spacial score (nSPS) is 10.1. The molecule has 2 amide bonds. The zero-order valence-corrected chi connectivity index (χ0v) is 14.4. The van der Waals surface area contributed by atoms with Crippen LogP contribution < -0.4 is 10.6 Å². The average molecular weight is 385 g/mol. The minimum Gasteiger partial charge on any atom is -0.308 e. The van der Waals surface area contributed by atoms with Crippen LogP contribution in [0, 0.1) is 23.0 Å². The van der Waals surface area contributed by atoms with Gasteiger partial charge in [-0.2, -0.15) is 5.26 Å². The summed E-state index contributed by atoms with van der Waals surface area (Å²) >= 11 is 6.00. The SMILES string of the molecule is N#Cc1c(Cl)ccnc1-c1ccc(NC(=O)Nc2cc(F)cc(F)c2)cc1. The number of hydrogen-bond donors (Lipinski definition) is 2. The topological polar surface area (TPSA) is 77.8 Å². The Morgan fingerprint density at radius 3 is 2.26 bits per heavy atom. The molecule has 0 saturated heterocycles. The highest BCUT2D eigenvalue weighted by atomic mass is 35.5. The fourth-order valence-corrected chi connectivity index (χ4v) is 2.58. The predicted molar refractivity (Wildman–Crippen MR) is 98.4 cm³/mol. The summed E-state index contributed by atoms with van der Waals surface area (Å²) in [5.74, 6) is -1.59. The molecule has 0 aliphatic carbocycles. The molecule has 2 aromatic carbocycles. The first kappa shape index (κ1) is 18.3. The molecular weight excluding hydrogens is 374 g/mol. The standard InChI is InChI=1S/C19H11ClF2N4O/c20-17-5-6-24-18(16(17)10-23)11-1-3-14(4-2-11)25-19(27)26-15-8-12(21)7-13(22)9-15/h1-9H,(H2,25,26,27). The van der Waals surface area contributed by atoms with E-state index in [1.54, 1.807) is 24.3 Å². The van der Waals surface area contributed by atoms with Crippen molar-refractivity contribution in [3.05, 3.63) is 76.9 Å². The smallest absolute Gasteiger partial charge is 0.308 e. The Hall–Kier alpha value is -3.50. The largest absolute Gasteiger partial charge is 0.323 e. The summed E-state index contributed by atoms with van der Waals surface area (Å²) in [6.45, 7) is 0. The van der Waals surface area contributed by atoms with Gasteiger partial charge in [-0.3, -0.25) is 4.98 Å². The number of rotatable bonds is 3. The van der Waals surface area contributed by atoms with Crippen LogP contribution in [0.2, 0.25) is 5.02 Å². The van der Waals surface area contributed by atoms with Crippen LogP contribution in [-0.4, -0.2) is 11.0 Å². The van der Waals surface area contributed by atoms with Gasteiger partial charge in [-0.1, -0.05) is 23.7 Å². The number of hydrogen-bond acceptors (Lipinski definition) is 3. The van der Waals surface area contributed by atoms with Gasteiger partial charge in [0.2, 0.25) is 0 Å². The molecule has 8 heteroatoms. The van der Waals surface area contributed by atoms with E-state index in [9.17, 15) is 18.8 Å². The van der Waals surface area contributed by atoms with Crippen molar-refractivity contribution in [3.63, 3.8) is 0 Å². The third-order valence-electron chi connectivity index (χ3n) is 3.55. The lowest BCUT2D eigenvalue weighted by atomic mass is 10.1. The van der Waals surface area contributed by atoms with Crippen LogP contribution >= 0.6 is 11.6 Å². The summed E-state index contributed by atoms with van der Waals surface area (Å²) in [5, 5.41) is 14.4. The van der Waals surface area contributed by atoms with Gasteiger partial charge in [0.25, 0.3) is 0 Å². The Kier molecular flexibility index (Phi) is 5.29. The summed E-state index contributed by atoms with van der Waals surface area (Å²) in [5.41, 5.74) is 1.76. The monoisotopic (exact) mass is 384 g/mol. The van der Waals surface area contributed by atoms with Crippen molar-refractivity contribution < 1.29 is 13.6 Å². The van der Waals surface area contributed by atoms with Crippen molar-refractivity contribution >= 4 is 29.0 Å². The van der Waals surface area contributed by atoms with E-state index in [1.807, 2.05) is 6.07 Å². The van der Waals surface area contributed by atoms with Crippen molar-refractivity contribution in [1.82, 2.24) is 4.98 Å². The first-order chi connectivity index (χ1) is 13.0. The van der Waals surface area contributed by atoms with Gasteiger partial charge in [0, 0.05) is 29.2 Å². The summed E-state index contributed by atoms with van der Waals surface area (Å²) in [7, 11) is 0. The van der Waals surface area contributed by atoms with Crippen LogP contribution in [-0.2, 0) is 0 Å². The third kappa shape index (κ3) is 4.37. The molecule has 27 heavy (non-hydrogen) atoms. The number of nitriles is 1. The molecule has 0 aliphatic rings. The Bertz CT molecular complexity index is 1030. The van der Waals surface area contributed by atoms with E-state index in [0.717, 1.165) is 12.1 Å². The Morgan fingerprint density at radius 2 is 1.63 bits per heavy atom. The number of urea groups is 1. The Morgan fingerprint density at radius 1 is 1.00 bits per heavy atom. The van der Waals surface area contributed by atoms with E-state index >= 15 is 0 Å². The maximum absolute atomic E-state index is 13.2. The quantitative estimate of drug-likeness (QED) is 0.651. The second kappa shape index (κ2) is 7.81.